The Balaban J connectivity index is 1.80. The van der Waals surface area contributed by atoms with Crippen LogP contribution < -0.4 is 21.1 Å². The molecule has 1 aliphatic rings. The van der Waals surface area contributed by atoms with E-state index in [4.69, 9.17) is 4.74 Å². The number of nitrogens with one attached hydrogen (secondary N) is 2. The molecule has 3 aromatic rings. The number of ether oxygens (including phenoxy) is 1. The van der Waals surface area contributed by atoms with Gasteiger partial charge in [0.2, 0.25) is 0 Å². The molecule has 2 amide bonds. The molecule has 4 rings (SSSR count). The first-order chi connectivity index (χ1) is 15.5. The van der Waals surface area contributed by atoms with Crippen LogP contribution in [-0.4, -0.2) is 49.9 Å². The largest absolute Gasteiger partial charge is 0.443 e. The maximum absolute atomic E-state index is 12.8. The first-order valence-electron chi connectivity index (χ1n) is 10.6. The number of hydrogen-bond acceptors (Lipinski definition) is 7. The summed E-state index contributed by atoms with van der Waals surface area (Å²) < 4.78 is 8.32. The van der Waals surface area contributed by atoms with Crippen molar-refractivity contribution in [2.75, 3.05) is 17.3 Å². The highest BCUT2D eigenvalue weighted by Gasteiger charge is 2.28. The Morgan fingerprint density at radius 2 is 2.00 bits per heavy atom. The van der Waals surface area contributed by atoms with Crippen LogP contribution in [0, 0.1) is 0 Å². The molecular weight excluding hydrogens is 426 g/mol. The molecule has 1 fully saturated rings. The van der Waals surface area contributed by atoms with Crippen LogP contribution in [0.25, 0.3) is 5.65 Å². The normalized spacial score (nSPS) is 13.6. The van der Waals surface area contributed by atoms with Crippen molar-refractivity contribution in [2.45, 2.75) is 45.3 Å². The molecule has 0 aliphatic heterocycles. The van der Waals surface area contributed by atoms with Crippen molar-refractivity contribution in [3.05, 3.63) is 46.5 Å². The van der Waals surface area contributed by atoms with Gasteiger partial charge in [-0.25, -0.2) is 9.78 Å². The average molecular weight is 454 g/mol. The van der Waals surface area contributed by atoms with E-state index in [1.54, 1.807) is 59.3 Å². The highest BCUT2D eigenvalue weighted by atomic mass is 16.6. The van der Waals surface area contributed by atoms with Crippen LogP contribution in [0.5, 0.6) is 0 Å². The fourth-order valence-corrected chi connectivity index (χ4v) is 3.16. The molecule has 2 N–H and O–H groups in total. The molecule has 11 heteroatoms. The summed E-state index contributed by atoms with van der Waals surface area (Å²) in [5.41, 5.74) is -0.136. The fraction of sp³-hybridized carbons (Fsp3) is 0.409. The summed E-state index contributed by atoms with van der Waals surface area (Å²) in [6, 6.07) is 5.08. The second-order valence-electron chi connectivity index (χ2n) is 9.04. The van der Waals surface area contributed by atoms with E-state index in [1.165, 1.54) is 20.2 Å². The predicted octanol–water partition coefficient (Wildman–Crippen LogP) is 2.44. The lowest BCUT2D eigenvalue weighted by atomic mass is 10.2. The summed E-state index contributed by atoms with van der Waals surface area (Å²) in [5, 5.41) is 10.2. The smallest absolute Gasteiger partial charge is 0.415 e. The van der Waals surface area contributed by atoms with E-state index >= 15 is 0 Å². The molecule has 0 bridgehead atoms. The zero-order valence-electron chi connectivity index (χ0n) is 19.2. The van der Waals surface area contributed by atoms with Gasteiger partial charge in [-0.15, -0.1) is 0 Å². The number of nitrogens with zero attached hydrogens (tertiary/aromatic N) is 5. The van der Waals surface area contributed by atoms with Crippen molar-refractivity contribution < 1.29 is 14.3 Å². The Labute approximate surface area is 190 Å². The van der Waals surface area contributed by atoms with Crippen molar-refractivity contribution in [1.29, 1.82) is 0 Å². The Morgan fingerprint density at radius 3 is 2.67 bits per heavy atom. The lowest BCUT2D eigenvalue weighted by Gasteiger charge is -2.25. The second kappa shape index (κ2) is 8.23. The number of aromatic nitrogens is 4. The van der Waals surface area contributed by atoms with E-state index in [1.807, 2.05) is 0 Å². The minimum atomic E-state index is -0.700. The maximum Gasteiger partial charge on any atom is 0.415 e. The van der Waals surface area contributed by atoms with Crippen LogP contribution in [-0.2, 0) is 11.8 Å². The van der Waals surface area contributed by atoms with Crippen LogP contribution in [0.1, 0.15) is 44.0 Å². The summed E-state index contributed by atoms with van der Waals surface area (Å²) >= 11 is 0. The Kier molecular flexibility index (Phi) is 5.56. The molecule has 0 radical (unpaired) electrons. The van der Waals surface area contributed by atoms with Gasteiger partial charge in [-0.2, -0.15) is 9.61 Å². The van der Waals surface area contributed by atoms with E-state index < -0.39 is 11.7 Å². The molecule has 33 heavy (non-hydrogen) atoms. The van der Waals surface area contributed by atoms with E-state index in [-0.39, 0.29) is 34.5 Å². The van der Waals surface area contributed by atoms with Gasteiger partial charge in [0.15, 0.2) is 5.65 Å². The molecule has 0 aromatic carbocycles. The molecule has 0 atom stereocenters. The lowest BCUT2D eigenvalue weighted by Crippen LogP contribution is -2.35. The molecule has 1 saturated carbocycles. The summed E-state index contributed by atoms with van der Waals surface area (Å²) in [7, 11) is 3.18. The molecule has 0 saturated heterocycles. The molecule has 174 valence electrons. The fourth-order valence-electron chi connectivity index (χ4n) is 3.16. The number of amides is 2. The number of carbonyl (C=O) groups excluding carboxylic acids is 2. The third-order valence-electron chi connectivity index (χ3n) is 5.01. The van der Waals surface area contributed by atoms with Crippen molar-refractivity contribution in [2.24, 2.45) is 7.05 Å². The van der Waals surface area contributed by atoms with Gasteiger partial charge < -0.3 is 19.9 Å². The summed E-state index contributed by atoms with van der Waals surface area (Å²) in [6.45, 7) is 5.31. The topological polar surface area (TPSA) is 123 Å². The van der Waals surface area contributed by atoms with Crippen LogP contribution in [0.2, 0.25) is 0 Å². The summed E-state index contributed by atoms with van der Waals surface area (Å²) in [6.07, 6.45) is 4.33. The highest BCUT2D eigenvalue weighted by Crippen LogP contribution is 2.25. The zero-order valence-corrected chi connectivity index (χ0v) is 19.2. The third kappa shape index (κ3) is 4.81. The first kappa shape index (κ1) is 22.3. The third-order valence-corrected chi connectivity index (χ3v) is 5.01. The van der Waals surface area contributed by atoms with Gasteiger partial charge in [-0.05, 0) is 45.7 Å². The number of hydrogen-bond donors (Lipinski definition) is 2. The SMILES string of the molecule is CN(C(=O)OC(C)(C)C)c1cc(Nc2cccn(C)c2=O)nc2c(C(=O)NC3CC3)cnn12. The van der Waals surface area contributed by atoms with Crippen molar-refractivity contribution in [3.63, 3.8) is 0 Å². The van der Waals surface area contributed by atoms with Gasteiger partial charge in [-0.1, -0.05) is 0 Å². The number of rotatable bonds is 5. The Morgan fingerprint density at radius 1 is 1.27 bits per heavy atom. The van der Waals surface area contributed by atoms with Gasteiger partial charge in [-0.3, -0.25) is 14.5 Å². The molecule has 3 heterocycles. The number of aryl methyl sites for hydroxylation is 1. The van der Waals surface area contributed by atoms with E-state index in [2.05, 4.69) is 20.7 Å². The van der Waals surface area contributed by atoms with E-state index in [9.17, 15) is 14.4 Å². The minimum Gasteiger partial charge on any atom is -0.443 e. The molecule has 0 unspecified atom stereocenters. The quantitative estimate of drug-likeness (QED) is 0.608. The average Bonchev–Trinajstić information content (AvgIpc) is 3.44. The van der Waals surface area contributed by atoms with Crippen LogP contribution in [0.4, 0.5) is 22.1 Å². The van der Waals surface area contributed by atoms with Crippen LogP contribution in [0.3, 0.4) is 0 Å². The summed E-state index contributed by atoms with van der Waals surface area (Å²) in [5.74, 6) is 0.297. The van der Waals surface area contributed by atoms with E-state index in [0.29, 0.717) is 11.5 Å². The number of pyridine rings is 1. The predicted molar refractivity (Wildman–Crippen MR) is 123 cm³/mol. The summed E-state index contributed by atoms with van der Waals surface area (Å²) in [4.78, 5) is 43.8. The van der Waals surface area contributed by atoms with Gasteiger partial charge >= 0.3 is 6.09 Å². The van der Waals surface area contributed by atoms with Gasteiger partial charge in [0.1, 0.15) is 28.5 Å². The number of fused-ring (bicyclic) bond motifs is 1. The van der Waals surface area contributed by atoms with Crippen molar-refractivity contribution >= 4 is 35.0 Å². The Hall–Kier alpha value is -3.89. The monoisotopic (exact) mass is 453 g/mol. The molecular formula is C22H27N7O4. The number of carbonyl (C=O) groups is 2. The minimum absolute atomic E-state index is 0.157. The van der Waals surface area contributed by atoms with Crippen molar-refractivity contribution in [1.82, 2.24) is 24.5 Å². The zero-order chi connectivity index (χ0) is 23.9. The maximum atomic E-state index is 12.8. The van der Waals surface area contributed by atoms with Crippen LogP contribution >= 0.6 is 0 Å². The first-order valence-corrected chi connectivity index (χ1v) is 10.6. The molecule has 11 nitrogen and oxygen atoms in total. The lowest BCUT2D eigenvalue weighted by molar-refractivity contribution is 0.0587. The standard InChI is InChI=1S/C22H27N7O4/c1-22(2,3)33-21(32)28(5)17-11-16(25-15-7-6-10-27(4)20(15)31)26-18-14(12-23-29(17)18)19(30)24-13-8-9-13/h6-7,10-13H,8-9H2,1-5H3,(H,24,30)(H,25,26). The van der Waals surface area contributed by atoms with Crippen LogP contribution in [0.15, 0.2) is 35.4 Å². The Bertz CT molecular complexity index is 1280. The van der Waals surface area contributed by atoms with Gasteiger partial charge in [0, 0.05) is 32.4 Å². The molecule has 3 aromatic heterocycles. The van der Waals surface area contributed by atoms with Gasteiger partial charge in [0.25, 0.3) is 11.5 Å². The van der Waals surface area contributed by atoms with Gasteiger partial charge in [0.05, 0.1) is 6.20 Å². The highest BCUT2D eigenvalue weighted by molar-refractivity contribution is 6.00. The molecule has 0 spiro atoms. The second-order valence-corrected chi connectivity index (χ2v) is 9.04. The molecule has 1 aliphatic carbocycles. The number of anilines is 3. The van der Waals surface area contributed by atoms with Crippen molar-refractivity contribution in [3.8, 4) is 0 Å². The van der Waals surface area contributed by atoms with E-state index in [0.717, 1.165) is 12.8 Å².